The van der Waals surface area contributed by atoms with E-state index in [1.165, 1.54) is 23.4 Å². The van der Waals surface area contributed by atoms with Gasteiger partial charge in [-0.15, -0.1) is 0 Å². The quantitative estimate of drug-likeness (QED) is 0.852. The van der Waals surface area contributed by atoms with Crippen LogP contribution in [0.3, 0.4) is 0 Å². The SMILES string of the molecule is C[C@H]1[C@@H]2CCc3[nH]c(-c4ccccc4)nc3[C@@]2(C)CCC12OCCO2. The zero-order valence-corrected chi connectivity index (χ0v) is 15.0. The number of hydrogen-bond donors (Lipinski definition) is 1. The Bertz CT molecular complexity index is 778. The van der Waals surface area contributed by atoms with Crippen molar-refractivity contribution in [1.29, 1.82) is 0 Å². The zero-order chi connectivity index (χ0) is 17.1. The number of fused-ring (bicyclic) bond motifs is 3. The minimum Gasteiger partial charge on any atom is -0.347 e. The van der Waals surface area contributed by atoms with Gasteiger partial charge in [0, 0.05) is 29.0 Å². The molecule has 0 bridgehead atoms. The molecule has 2 fully saturated rings. The number of imidazole rings is 1. The van der Waals surface area contributed by atoms with Gasteiger partial charge in [-0.3, -0.25) is 0 Å². The van der Waals surface area contributed by atoms with E-state index in [1.807, 2.05) is 6.07 Å². The second kappa shape index (κ2) is 5.42. The minimum atomic E-state index is -0.347. The van der Waals surface area contributed by atoms with E-state index >= 15 is 0 Å². The van der Waals surface area contributed by atoms with E-state index in [0.717, 1.165) is 38.3 Å². The van der Waals surface area contributed by atoms with Crippen LogP contribution in [0.5, 0.6) is 0 Å². The highest BCUT2D eigenvalue weighted by molar-refractivity contribution is 5.56. The number of nitrogens with one attached hydrogen (secondary N) is 1. The van der Waals surface area contributed by atoms with Crippen molar-refractivity contribution in [3.8, 4) is 11.4 Å². The molecule has 4 heteroatoms. The molecule has 1 saturated carbocycles. The van der Waals surface area contributed by atoms with Crippen molar-refractivity contribution < 1.29 is 9.47 Å². The predicted octanol–water partition coefficient (Wildman–Crippen LogP) is 4.07. The highest BCUT2D eigenvalue weighted by Crippen LogP contribution is 2.56. The molecule has 2 heterocycles. The Labute approximate surface area is 149 Å². The van der Waals surface area contributed by atoms with Gasteiger partial charge in [-0.05, 0) is 25.2 Å². The molecule has 1 spiro atoms. The molecule has 1 saturated heterocycles. The Balaban J connectivity index is 1.53. The fourth-order valence-electron chi connectivity index (χ4n) is 5.54. The molecule has 1 aromatic carbocycles. The van der Waals surface area contributed by atoms with E-state index in [4.69, 9.17) is 14.5 Å². The second-order valence-electron chi connectivity index (χ2n) is 8.14. The third-order valence-corrected chi connectivity index (χ3v) is 6.96. The summed E-state index contributed by atoms with van der Waals surface area (Å²) in [5.41, 5.74) is 3.88. The molecule has 3 atom stereocenters. The van der Waals surface area contributed by atoms with Gasteiger partial charge in [-0.2, -0.15) is 0 Å². The summed E-state index contributed by atoms with van der Waals surface area (Å²) in [6, 6.07) is 10.4. The van der Waals surface area contributed by atoms with Crippen LogP contribution in [0.4, 0.5) is 0 Å². The van der Waals surface area contributed by atoms with Crippen LogP contribution < -0.4 is 0 Å². The Kier molecular flexibility index (Phi) is 3.38. The summed E-state index contributed by atoms with van der Waals surface area (Å²) in [6.07, 6.45) is 4.29. The third-order valence-electron chi connectivity index (χ3n) is 6.96. The van der Waals surface area contributed by atoms with Crippen LogP contribution in [0.25, 0.3) is 11.4 Å². The molecule has 2 aromatic rings. The van der Waals surface area contributed by atoms with Crippen molar-refractivity contribution in [2.24, 2.45) is 11.8 Å². The Morgan fingerprint density at radius 1 is 1.12 bits per heavy atom. The van der Waals surface area contributed by atoms with Gasteiger partial charge in [-0.25, -0.2) is 4.98 Å². The van der Waals surface area contributed by atoms with E-state index < -0.39 is 0 Å². The summed E-state index contributed by atoms with van der Waals surface area (Å²) in [5.74, 6) is 1.62. The summed E-state index contributed by atoms with van der Waals surface area (Å²) in [4.78, 5) is 8.70. The first-order chi connectivity index (χ1) is 12.1. The largest absolute Gasteiger partial charge is 0.347 e. The number of aryl methyl sites for hydroxylation is 1. The van der Waals surface area contributed by atoms with Crippen molar-refractivity contribution in [3.63, 3.8) is 0 Å². The number of ether oxygens (including phenoxy) is 2. The van der Waals surface area contributed by atoms with Crippen LogP contribution in [0.2, 0.25) is 0 Å². The monoisotopic (exact) mass is 338 g/mol. The topological polar surface area (TPSA) is 47.1 Å². The summed E-state index contributed by atoms with van der Waals surface area (Å²) in [7, 11) is 0. The molecule has 0 unspecified atom stereocenters. The molecule has 1 aliphatic heterocycles. The van der Waals surface area contributed by atoms with Gasteiger partial charge in [0.25, 0.3) is 0 Å². The number of H-pyrrole nitrogens is 1. The Morgan fingerprint density at radius 3 is 2.64 bits per heavy atom. The lowest BCUT2D eigenvalue weighted by Crippen LogP contribution is -2.55. The van der Waals surface area contributed by atoms with Gasteiger partial charge >= 0.3 is 0 Å². The number of aromatic amines is 1. The molecule has 2 aliphatic carbocycles. The summed E-state index contributed by atoms with van der Waals surface area (Å²) < 4.78 is 12.2. The van der Waals surface area contributed by atoms with E-state index in [2.05, 4.69) is 43.1 Å². The molecule has 5 rings (SSSR count). The molecule has 0 amide bonds. The zero-order valence-electron chi connectivity index (χ0n) is 15.0. The lowest BCUT2D eigenvalue weighted by molar-refractivity contribution is -0.234. The number of rotatable bonds is 1. The molecule has 3 aliphatic rings. The molecule has 0 radical (unpaired) electrons. The van der Waals surface area contributed by atoms with Crippen LogP contribution in [-0.4, -0.2) is 29.0 Å². The van der Waals surface area contributed by atoms with E-state index in [1.54, 1.807) is 0 Å². The molecule has 1 aromatic heterocycles. The van der Waals surface area contributed by atoms with Crippen LogP contribution in [0, 0.1) is 11.8 Å². The Morgan fingerprint density at radius 2 is 1.88 bits per heavy atom. The van der Waals surface area contributed by atoms with E-state index in [-0.39, 0.29) is 11.2 Å². The lowest BCUT2D eigenvalue weighted by atomic mass is 9.55. The molecular weight excluding hydrogens is 312 g/mol. The van der Waals surface area contributed by atoms with E-state index in [0.29, 0.717) is 11.8 Å². The van der Waals surface area contributed by atoms with Gasteiger partial charge < -0.3 is 14.5 Å². The molecular formula is C21H26N2O2. The second-order valence-corrected chi connectivity index (χ2v) is 8.14. The molecule has 1 N–H and O–H groups in total. The minimum absolute atomic E-state index is 0.108. The normalized spacial score (nSPS) is 33.2. The van der Waals surface area contributed by atoms with Crippen molar-refractivity contribution in [3.05, 3.63) is 41.7 Å². The van der Waals surface area contributed by atoms with Gasteiger partial charge in [0.05, 0.1) is 18.9 Å². The maximum Gasteiger partial charge on any atom is 0.171 e. The van der Waals surface area contributed by atoms with Gasteiger partial charge in [0.2, 0.25) is 0 Å². The van der Waals surface area contributed by atoms with Crippen LogP contribution >= 0.6 is 0 Å². The lowest BCUT2D eigenvalue weighted by Gasteiger charge is -2.53. The first-order valence-electron chi connectivity index (χ1n) is 9.55. The number of hydrogen-bond acceptors (Lipinski definition) is 3. The van der Waals surface area contributed by atoms with Crippen LogP contribution in [0.15, 0.2) is 30.3 Å². The number of nitrogens with zero attached hydrogens (tertiary/aromatic N) is 1. The highest BCUT2D eigenvalue weighted by atomic mass is 16.7. The predicted molar refractivity (Wildman–Crippen MR) is 96.2 cm³/mol. The van der Waals surface area contributed by atoms with Crippen molar-refractivity contribution in [1.82, 2.24) is 9.97 Å². The van der Waals surface area contributed by atoms with Gasteiger partial charge in [0.1, 0.15) is 5.82 Å². The maximum absolute atomic E-state index is 6.10. The van der Waals surface area contributed by atoms with Gasteiger partial charge in [0.15, 0.2) is 5.79 Å². The summed E-state index contributed by atoms with van der Waals surface area (Å²) in [5, 5.41) is 0. The summed E-state index contributed by atoms with van der Waals surface area (Å²) in [6.45, 7) is 6.20. The first-order valence-corrected chi connectivity index (χ1v) is 9.55. The fraction of sp³-hybridized carbons (Fsp3) is 0.571. The van der Waals surface area contributed by atoms with Gasteiger partial charge in [-0.1, -0.05) is 44.2 Å². The molecule has 132 valence electrons. The van der Waals surface area contributed by atoms with Crippen LogP contribution in [-0.2, 0) is 21.3 Å². The summed E-state index contributed by atoms with van der Waals surface area (Å²) >= 11 is 0. The highest BCUT2D eigenvalue weighted by Gasteiger charge is 2.57. The third kappa shape index (κ3) is 2.17. The molecule has 4 nitrogen and oxygen atoms in total. The first kappa shape index (κ1) is 15.6. The average Bonchev–Trinajstić information content (AvgIpc) is 3.28. The maximum atomic E-state index is 6.10. The standard InChI is InChI=1S/C21H26N2O2/c1-14-16-8-9-17-18(23-19(22-17)15-6-4-3-5-7-15)20(16,2)10-11-21(14)24-12-13-25-21/h3-7,14,16H,8-13H2,1-2H3,(H,22,23)/t14-,16-,20-/m0/s1. The smallest absolute Gasteiger partial charge is 0.171 e. The average molecular weight is 338 g/mol. The Hall–Kier alpha value is -1.65. The van der Waals surface area contributed by atoms with Crippen molar-refractivity contribution >= 4 is 0 Å². The number of benzene rings is 1. The fourth-order valence-corrected chi connectivity index (χ4v) is 5.54. The van der Waals surface area contributed by atoms with Crippen LogP contribution in [0.1, 0.15) is 44.5 Å². The van der Waals surface area contributed by atoms with Crippen molar-refractivity contribution in [2.75, 3.05) is 13.2 Å². The van der Waals surface area contributed by atoms with Crippen molar-refractivity contribution in [2.45, 2.75) is 50.7 Å². The van der Waals surface area contributed by atoms with E-state index in [9.17, 15) is 0 Å². The number of aromatic nitrogens is 2. The molecule has 25 heavy (non-hydrogen) atoms.